The van der Waals surface area contributed by atoms with Crippen molar-refractivity contribution >= 4 is 0 Å². The molecule has 1 heteroatoms. The van der Waals surface area contributed by atoms with Gasteiger partial charge in [0.1, 0.15) is 0 Å². The summed E-state index contributed by atoms with van der Waals surface area (Å²) in [6, 6.07) is 0. The van der Waals surface area contributed by atoms with Gasteiger partial charge in [-0.1, -0.05) is 20.8 Å². The molecule has 3 saturated carbocycles. The van der Waals surface area contributed by atoms with E-state index in [1.807, 2.05) is 0 Å². The van der Waals surface area contributed by atoms with Gasteiger partial charge in [-0.25, -0.2) is 0 Å². The van der Waals surface area contributed by atoms with Crippen LogP contribution in [0.2, 0.25) is 0 Å². The smallest absolute Gasteiger partial charge is 0.0954 e. The normalized spacial score (nSPS) is 65.2. The molecule has 4 aliphatic rings. The predicted octanol–water partition coefficient (Wildman–Crippen LogP) is 3.63. The minimum Gasteiger partial charge on any atom is -0.366 e. The summed E-state index contributed by atoms with van der Waals surface area (Å²) >= 11 is 0. The van der Waals surface area contributed by atoms with E-state index in [2.05, 4.69) is 27.7 Å². The van der Waals surface area contributed by atoms with E-state index in [9.17, 15) is 0 Å². The standard InChI is InChI=1S/C15H24O/c1-9-5-6-10-13(2,3)11-7-15(9,10)8-12-14(11,4)16-12/h9-12H,5-8H2,1-4H3/t9-,10+,11?,12?,14?,15?/m1/s1. The predicted molar refractivity (Wildman–Crippen MR) is 64.1 cm³/mol. The number of hydrogen-bond acceptors (Lipinski definition) is 1. The zero-order valence-electron chi connectivity index (χ0n) is 11.0. The number of fused-ring (bicyclic) bond motifs is 3. The van der Waals surface area contributed by atoms with E-state index in [1.54, 1.807) is 0 Å². The molecule has 0 aromatic heterocycles. The summed E-state index contributed by atoms with van der Waals surface area (Å²) in [7, 11) is 0. The summed E-state index contributed by atoms with van der Waals surface area (Å²) in [5.74, 6) is 2.75. The lowest BCUT2D eigenvalue weighted by atomic mass is 9.66. The summed E-state index contributed by atoms with van der Waals surface area (Å²) in [5.41, 5.74) is 1.44. The van der Waals surface area contributed by atoms with Crippen LogP contribution in [0.4, 0.5) is 0 Å². The molecule has 1 nitrogen and oxygen atoms in total. The molecule has 4 rings (SSSR count). The fourth-order valence-corrected chi connectivity index (χ4v) is 6.21. The van der Waals surface area contributed by atoms with Gasteiger partial charge in [0.2, 0.25) is 0 Å². The fourth-order valence-electron chi connectivity index (χ4n) is 6.21. The summed E-state index contributed by atoms with van der Waals surface area (Å²) in [6.07, 6.45) is 6.38. The van der Waals surface area contributed by atoms with Gasteiger partial charge in [-0.15, -0.1) is 0 Å². The molecular formula is C15H24O. The fraction of sp³-hybridized carbons (Fsp3) is 1.00. The summed E-state index contributed by atoms with van der Waals surface area (Å²) < 4.78 is 6.09. The second-order valence-electron chi connectivity index (χ2n) is 7.84. The van der Waals surface area contributed by atoms with Crippen LogP contribution < -0.4 is 0 Å². The summed E-state index contributed by atoms with van der Waals surface area (Å²) in [5, 5.41) is 0. The number of rotatable bonds is 0. The lowest BCUT2D eigenvalue weighted by Crippen LogP contribution is -2.36. The Morgan fingerprint density at radius 3 is 2.50 bits per heavy atom. The highest BCUT2D eigenvalue weighted by Gasteiger charge is 2.76. The van der Waals surface area contributed by atoms with E-state index >= 15 is 0 Å². The van der Waals surface area contributed by atoms with Gasteiger partial charge in [0.05, 0.1) is 11.7 Å². The van der Waals surface area contributed by atoms with Gasteiger partial charge in [-0.3, -0.25) is 0 Å². The molecule has 1 saturated heterocycles. The van der Waals surface area contributed by atoms with Crippen LogP contribution in [-0.2, 0) is 4.74 Å². The molecule has 1 spiro atoms. The molecule has 1 aliphatic heterocycles. The Bertz CT molecular complexity index is 356. The molecule has 16 heavy (non-hydrogen) atoms. The van der Waals surface area contributed by atoms with Crippen molar-refractivity contribution in [3.63, 3.8) is 0 Å². The Hall–Kier alpha value is -0.0400. The Morgan fingerprint density at radius 1 is 1.00 bits per heavy atom. The Morgan fingerprint density at radius 2 is 1.75 bits per heavy atom. The molecule has 0 aromatic rings. The van der Waals surface area contributed by atoms with Gasteiger partial charge >= 0.3 is 0 Å². The first kappa shape index (κ1) is 9.94. The second-order valence-corrected chi connectivity index (χ2v) is 7.84. The Labute approximate surface area is 98.9 Å². The molecule has 2 bridgehead atoms. The highest BCUT2D eigenvalue weighted by molar-refractivity contribution is 5.24. The molecule has 6 atom stereocenters. The molecule has 1 heterocycles. The third-order valence-electron chi connectivity index (χ3n) is 7.18. The van der Waals surface area contributed by atoms with Gasteiger partial charge in [0.15, 0.2) is 0 Å². The van der Waals surface area contributed by atoms with E-state index in [1.165, 1.54) is 25.7 Å². The third kappa shape index (κ3) is 0.805. The van der Waals surface area contributed by atoms with Crippen LogP contribution in [0.5, 0.6) is 0 Å². The first-order valence-electron chi connectivity index (χ1n) is 7.09. The molecule has 0 amide bonds. The SMILES string of the molecule is C[C@@H]1CC[C@H]2C(C)(C)C3CC12CC1OC13C. The molecule has 4 fully saturated rings. The zero-order chi connectivity index (χ0) is 11.3. The summed E-state index contributed by atoms with van der Waals surface area (Å²) in [6.45, 7) is 9.93. The van der Waals surface area contributed by atoms with E-state index in [-0.39, 0.29) is 5.60 Å². The van der Waals surface area contributed by atoms with Gasteiger partial charge < -0.3 is 4.74 Å². The molecule has 3 aliphatic carbocycles. The first-order valence-corrected chi connectivity index (χ1v) is 7.09. The molecular weight excluding hydrogens is 196 g/mol. The minimum atomic E-state index is 0.263. The van der Waals surface area contributed by atoms with Crippen LogP contribution in [-0.4, -0.2) is 11.7 Å². The number of hydrogen-bond donors (Lipinski definition) is 0. The average Bonchev–Trinajstić information content (AvgIpc) is 2.67. The minimum absolute atomic E-state index is 0.263. The lowest BCUT2D eigenvalue weighted by Gasteiger charge is -2.37. The number of epoxide rings is 1. The van der Waals surface area contributed by atoms with E-state index in [4.69, 9.17) is 4.74 Å². The quantitative estimate of drug-likeness (QED) is 0.568. The van der Waals surface area contributed by atoms with Crippen LogP contribution >= 0.6 is 0 Å². The van der Waals surface area contributed by atoms with E-state index in [0.29, 0.717) is 16.9 Å². The average molecular weight is 220 g/mol. The molecule has 0 N–H and O–H groups in total. The van der Waals surface area contributed by atoms with Crippen molar-refractivity contribution in [2.24, 2.45) is 28.6 Å². The van der Waals surface area contributed by atoms with Gasteiger partial charge in [0, 0.05) is 0 Å². The topological polar surface area (TPSA) is 12.5 Å². The van der Waals surface area contributed by atoms with Crippen molar-refractivity contribution in [3.05, 3.63) is 0 Å². The monoisotopic (exact) mass is 220 g/mol. The van der Waals surface area contributed by atoms with Crippen LogP contribution in [0.25, 0.3) is 0 Å². The second kappa shape index (κ2) is 2.39. The van der Waals surface area contributed by atoms with Crippen molar-refractivity contribution in [2.45, 2.75) is 65.1 Å². The highest BCUT2D eigenvalue weighted by atomic mass is 16.6. The van der Waals surface area contributed by atoms with E-state index < -0.39 is 0 Å². The molecule has 4 unspecified atom stereocenters. The summed E-state index contributed by atoms with van der Waals surface area (Å²) in [4.78, 5) is 0. The largest absolute Gasteiger partial charge is 0.366 e. The Balaban J connectivity index is 1.85. The van der Waals surface area contributed by atoms with Gasteiger partial charge in [0.25, 0.3) is 0 Å². The van der Waals surface area contributed by atoms with Crippen LogP contribution in [0.1, 0.15) is 53.4 Å². The van der Waals surface area contributed by atoms with Crippen LogP contribution in [0, 0.1) is 28.6 Å². The highest BCUT2D eigenvalue weighted by Crippen LogP contribution is 2.77. The van der Waals surface area contributed by atoms with Crippen molar-refractivity contribution < 1.29 is 4.74 Å². The van der Waals surface area contributed by atoms with Crippen molar-refractivity contribution in [3.8, 4) is 0 Å². The van der Waals surface area contributed by atoms with Crippen LogP contribution in [0.3, 0.4) is 0 Å². The van der Waals surface area contributed by atoms with E-state index in [0.717, 1.165) is 17.8 Å². The maximum absolute atomic E-state index is 6.09. The third-order valence-corrected chi connectivity index (χ3v) is 7.18. The molecule has 0 radical (unpaired) electrons. The zero-order valence-corrected chi connectivity index (χ0v) is 11.0. The Kier molecular flexibility index (Phi) is 1.48. The number of ether oxygens (including phenoxy) is 1. The van der Waals surface area contributed by atoms with Crippen molar-refractivity contribution in [2.75, 3.05) is 0 Å². The van der Waals surface area contributed by atoms with Gasteiger partial charge in [-0.2, -0.15) is 0 Å². The van der Waals surface area contributed by atoms with Crippen molar-refractivity contribution in [1.82, 2.24) is 0 Å². The first-order chi connectivity index (χ1) is 7.41. The maximum Gasteiger partial charge on any atom is 0.0954 e. The van der Waals surface area contributed by atoms with Crippen LogP contribution in [0.15, 0.2) is 0 Å². The maximum atomic E-state index is 6.09. The van der Waals surface area contributed by atoms with Crippen molar-refractivity contribution in [1.29, 1.82) is 0 Å². The molecule has 90 valence electrons. The van der Waals surface area contributed by atoms with Gasteiger partial charge in [-0.05, 0) is 61.2 Å². The lowest BCUT2D eigenvalue weighted by molar-refractivity contribution is 0.0866. The molecule has 0 aromatic carbocycles.